The van der Waals surface area contributed by atoms with Gasteiger partial charge in [-0.25, -0.2) is 0 Å². The predicted octanol–water partition coefficient (Wildman–Crippen LogP) is 3.72. The van der Waals surface area contributed by atoms with Crippen LogP contribution in [0.1, 0.15) is 18.4 Å². The number of likely N-dealkylation sites (N-methyl/N-ethyl adjacent to an activating group) is 1. The van der Waals surface area contributed by atoms with E-state index in [1.165, 1.54) is 0 Å². The lowest BCUT2D eigenvalue weighted by molar-refractivity contribution is -0.174. The third kappa shape index (κ3) is 6.40. The van der Waals surface area contributed by atoms with E-state index in [1.807, 2.05) is 31.2 Å². The van der Waals surface area contributed by atoms with Crippen LogP contribution in [0.2, 0.25) is 0 Å². The van der Waals surface area contributed by atoms with Crippen molar-refractivity contribution in [3.63, 3.8) is 0 Å². The number of alkyl halides is 3. The van der Waals surface area contributed by atoms with Crippen LogP contribution in [0.5, 0.6) is 0 Å². The SMILES string of the molecule is CCNCC(COCC(F)(F)F)c1ccccc1Br. The Morgan fingerprint density at radius 1 is 1.32 bits per heavy atom. The molecule has 0 aliphatic heterocycles. The largest absolute Gasteiger partial charge is 0.411 e. The summed E-state index contributed by atoms with van der Waals surface area (Å²) in [4.78, 5) is 0. The van der Waals surface area contributed by atoms with E-state index in [2.05, 4.69) is 21.2 Å². The molecule has 0 bridgehead atoms. The average molecular weight is 340 g/mol. The fourth-order valence-corrected chi connectivity index (χ4v) is 2.31. The number of hydrogen-bond acceptors (Lipinski definition) is 2. The Morgan fingerprint density at radius 3 is 2.58 bits per heavy atom. The van der Waals surface area contributed by atoms with Gasteiger partial charge in [-0.2, -0.15) is 13.2 Å². The summed E-state index contributed by atoms with van der Waals surface area (Å²) in [7, 11) is 0. The molecule has 1 unspecified atom stereocenters. The van der Waals surface area contributed by atoms with Crippen LogP contribution >= 0.6 is 15.9 Å². The van der Waals surface area contributed by atoms with Gasteiger partial charge in [0.15, 0.2) is 0 Å². The molecular weight excluding hydrogens is 323 g/mol. The smallest absolute Gasteiger partial charge is 0.371 e. The molecule has 0 spiro atoms. The van der Waals surface area contributed by atoms with Gasteiger partial charge in [-0.15, -0.1) is 0 Å². The Labute approximate surface area is 119 Å². The maximum atomic E-state index is 12.1. The highest BCUT2D eigenvalue weighted by Gasteiger charge is 2.28. The monoisotopic (exact) mass is 339 g/mol. The normalized spacial score (nSPS) is 13.5. The zero-order valence-corrected chi connectivity index (χ0v) is 12.2. The molecule has 0 saturated carbocycles. The summed E-state index contributed by atoms with van der Waals surface area (Å²) in [5.74, 6) is -0.113. The molecule has 0 radical (unpaired) electrons. The molecule has 1 aromatic carbocycles. The topological polar surface area (TPSA) is 21.3 Å². The first-order valence-corrected chi connectivity index (χ1v) is 6.83. The van der Waals surface area contributed by atoms with Gasteiger partial charge in [0.1, 0.15) is 6.61 Å². The number of nitrogens with one attached hydrogen (secondary N) is 1. The lowest BCUT2D eigenvalue weighted by atomic mass is 10.00. The molecule has 108 valence electrons. The van der Waals surface area contributed by atoms with Crippen LogP contribution in [0, 0.1) is 0 Å². The second kappa shape index (κ2) is 7.87. The second-order valence-electron chi connectivity index (χ2n) is 4.16. The quantitative estimate of drug-likeness (QED) is 0.817. The van der Waals surface area contributed by atoms with E-state index in [0.717, 1.165) is 16.6 Å². The Balaban J connectivity index is 2.64. The highest BCUT2D eigenvalue weighted by Crippen LogP contribution is 2.25. The lowest BCUT2D eigenvalue weighted by Gasteiger charge is -2.19. The van der Waals surface area contributed by atoms with E-state index in [-0.39, 0.29) is 12.5 Å². The summed E-state index contributed by atoms with van der Waals surface area (Å²) in [5, 5.41) is 3.14. The molecule has 0 aliphatic carbocycles. The van der Waals surface area contributed by atoms with Crippen LogP contribution in [0.4, 0.5) is 13.2 Å². The lowest BCUT2D eigenvalue weighted by Crippen LogP contribution is -2.27. The van der Waals surface area contributed by atoms with Gasteiger partial charge in [-0.05, 0) is 18.2 Å². The van der Waals surface area contributed by atoms with Crippen molar-refractivity contribution in [1.82, 2.24) is 5.32 Å². The van der Waals surface area contributed by atoms with Crippen LogP contribution < -0.4 is 5.32 Å². The third-order valence-corrected chi connectivity index (χ3v) is 3.29. The molecule has 0 amide bonds. The number of hydrogen-bond donors (Lipinski definition) is 1. The number of ether oxygens (including phenoxy) is 1. The highest BCUT2D eigenvalue weighted by atomic mass is 79.9. The summed E-state index contributed by atoms with van der Waals surface area (Å²) in [6.07, 6.45) is -4.28. The van der Waals surface area contributed by atoms with E-state index in [1.54, 1.807) is 0 Å². The van der Waals surface area contributed by atoms with E-state index < -0.39 is 12.8 Å². The molecule has 0 heterocycles. The van der Waals surface area contributed by atoms with Gasteiger partial charge in [0.2, 0.25) is 0 Å². The molecule has 0 fully saturated rings. The van der Waals surface area contributed by atoms with Crippen molar-refractivity contribution in [1.29, 1.82) is 0 Å². The van der Waals surface area contributed by atoms with Crippen LogP contribution in [-0.2, 0) is 4.74 Å². The fraction of sp³-hybridized carbons (Fsp3) is 0.538. The molecular formula is C13H17BrF3NO. The van der Waals surface area contributed by atoms with Crippen molar-refractivity contribution in [2.45, 2.75) is 19.0 Å². The van der Waals surface area contributed by atoms with Gasteiger partial charge in [0, 0.05) is 16.9 Å². The van der Waals surface area contributed by atoms with Crippen LogP contribution in [0.25, 0.3) is 0 Å². The maximum Gasteiger partial charge on any atom is 0.411 e. The molecule has 0 aliphatic rings. The molecule has 1 rings (SSSR count). The zero-order chi connectivity index (χ0) is 14.3. The first-order valence-electron chi connectivity index (χ1n) is 6.03. The first kappa shape index (κ1) is 16.5. The van der Waals surface area contributed by atoms with Gasteiger partial charge in [-0.3, -0.25) is 0 Å². The maximum absolute atomic E-state index is 12.1. The minimum Gasteiger partial charge on any atom is -0.371 e. The van der Waals surface area contributed by atoms with Crippen LogP contribution in [0.3, 0.4) is 0 Å². The van der Waals surface area contributed by atoms with Crippen molar-refractivity contribution >= 4 is 15.9 Å². The second-order valence-corrected chi connectivity index (χ2v) is 5.01. The third-order valence-electron chi connectivity index (χ3n) is 2.57. The van der Waals surface area contributed by atoms with Crippen molar-refractivity contribution in [3.8, 4) is 0 Å². The Morgan fingerprint density at radius 2 is 2.00 bits per heavy atom. The Kier molecular flexibility index (Phi) is 6.82. The summed E-state index contributed by atoms with van der Waals surface area (Å²) in [6.45, 7) is 2.13. The minimum absolute atomic E-state index is 0.0368. The summed E-state index contributed by atoms with van der Waals surface area (Å²) >= 11 is 3.41. The van der Waals surface area contributed by atoms with Crippen LogP contribution in [-0.4, -0.2) is 32.5 Å². The van der Waals surface area contributed by atoms with Crippen molar-refractivity contribution in [3.05, 3.63) is 34.3 Å². The van der Waals surface area contributed by atoms with Gasteiger partial charge in [0.25, 0.3) is 0 Å². The number of halogens is 4. The summed E-state index contributed by atoms with van der Waals surface area (Å²) < 4.78 is 41.9. The van der Waals surface area contributed by atoms with Gasteiger partial charge in [-0.1, -0.05) is 41.1 Å². The molecule has 2 nitrogen and oxygen atoms in total. The fourth-order valence-electron chi connectivity index (χ4n) is 1.70. The van der Waals surface area contributed by atoms with Crippen molar-refractivity contribution < 1.29 is 17.9 Å². The Hall–Kier alpha value is -0.590. The van der Waals surface area contributed by atoms with Gasteiger partial charge >= 0.3 is 6.18 Å². The zero-order valence-electron chi connectivity index (χ0n) is 10.6. The Bertz CT molecular complexity index is 384. The van der Waals surface area contributed by atoms with Gasteiger partial charge in [0.05, 0.1) is 6.61 Å². The summed E-state index contributed by atoms with van der Waals surface area (Å²) in [5.41, 5.74) is 0.950. The van der Waals surface area contributed by atoms with E-state index in [4.69, 9.17) is 4.74 Å². The molecule has 1 N–H and O–H groups in total. The van der Waals surface area contributed by atoms with Crippen LogP contribution in [0.15, 0.2) is 28.7 Å². The highest BCUT2D eigenvalue weighted by molar-refractivity contribution is 9.10. The molecule has 0 saturated heterocycles. The molecule has 1 atom stereocenters. The number of rotatable bonds is 7. The van der Waals surface area contributed by atoms with Gasteiger partial charge < -0.3 is 10.1 Å². The molecule has 0 aromatic heterocycles. The number of benzene rings is 1. The average Bonchev–Trinajstić information content (AvgIpc) is 2.33. The predicted molar refractivity (Wildman–Crippen MR) is 72.3 cm³/mol. The molecule has 19 heavy (non-hydrogen) atoms. The van der Waals surface area contributed by atoms with E-state index in [9.17, 15) is 13.2 Å². The minimum atomic E-state index is -4.28. The molecule has 6 heteroatoms. The van der Waals surface area contributed by atoms with Crippen molar-refractivity contribution in [2.24, 2.45) is 0 Å². The van der Waals surface area contributed by atoms with Crippen molar-refractivity contribution in [2.75, 3.05) is 26.3 Å². The van der Waals surface area contributed by atoms with E-state index >= 15 is 0 Å². The summed E-state index contributed by atoms with van der Waals surface area (Å²) in [6, 6.07) is 7.50. The van der Waals surface area contributed by atoms with E-state index in [0.29, 0.717) is 6.54 Å². The standard InChI is InChI=1S/C13H17BrF3NO/c1-2-18-7-10(8-19-9-13(15,16)17)11-5-3-4-6-12(11)14/h3-6,10,18H,2,7-9H2,1H3. The first-order chi connectivity index (χ1) is 8.94. The molecule has 1 aromatic rings.